The van der Waals surface area contributed by atoms with E-state index in [9.17, 15) is 18.0 Å². The number of nitrogens with zero attached hydrogens (tertiary/aromatic N) is 2. The summed E-state index contributed by atoms with van der Waals surface area (Å²) in [5.74, 6) is -0.839. The lowest BCUT2D eigenvalue weighted by Crippen LogP contribution is -2.52. The molecule has 7 nitrogen and oxygen atoms in total. The van der Waals surface area contributed by atoms with E-state index in [1.54, 1.807) is 24.3 Å². The molecule has 0 aromatic heterocycles. The fourth-order valence-corrected chi connectivity index (χ4v) is 4.70. The van der Waals surface area contributed by atoms with Gasteiger partial charge in [-0.2, -0.15) is 0 Å². The van der Waals surface area contributed by atoms with Crippen molar-refractivity contribution >= 4 is 39.1 Å². The summed E-state index contributed by atoms with van der Waals surface area (Å²) >= 11 is 5.96. The Morgan fingerprint density at radius 1 is 0.886 bits per heavy atom. The number of benzene rings is 3. The van der Waals surface area contributed by atoms with Crippen LogP contribution in [0, 0.1) is 0 Å². The Morgan fingerprint density at radius 3 is 1.94 bits per heavy atom. The van der Waals surface area contributed by atoms with Crippen LogP contribution in [0.4, 0.5) is 5.69 Å². The van der Waals surface area contributed by atoms with Gasteiger partial charge in [-0.05, 0) is 35.4 Å². The normalized spacial score (nSPS) is 12.0. The van der Waals surface area contributed by atoms with Crippen molar-refractivity contribution in [1.82, 2.24) is 10.2 Å². The molecule has 0 fully saturated rings. The van der Waals surface area contributed by atoms with E-state index in [1.807, 2.05) is 60.7 Å². The molecule has 0 radical (unpaired) electrons. The van der Waals surface area contributed by atoms with Gasteiger partial charge in [-0.25, -0.2) is 8.42 Å². The van der Waals surface area contributed by atoms with E-state index in [-0.39, 0.29) is 18.9 Å². The van der Waals surface area contributed by atoms with E-state index in [1.165, 1.54) is 11.9 Å². The van der Waals surface area contributed by atoms with Crippen molar-refractivity contribution in [1.29, 1.82) is 0 Å². The predicted molar refractivity (Wildman–Crippen MR) is 139 cm³/mol. The maximum absolute atomic E-state index is 13.7. The summed E-state index contributed by atoms with van der Waals surface area (Å²) in [6.45, 7) is -0.321. The van der Waals surface area contributed by atoms with Crippen LogP contribution in [0.3, 0.4) is 0 Å². The molecule has 35 heavy (non-hydrogen) atoms. The van der Waals surface area contributed by atoms with Crippen molar-refractivity contribution in [2.24, 2.45) is 0 Å². The van der Waals surface area contributed by atoms with Gasteiger partial charge in [0.25, 0.3) is 0 Å². The van der Waals surface area contributed by atoms with Gasteiger partial charge in [0.15, 0.2) is 0 Å². The fourth-order valence-electron chi connectivity index (χ4n) is 3.72. The van der Waals surface area contributed by atoms with Crippen LogP contribution < -0.4 is 9.62 Å². The second-order valence-corrected chi connectivity index (χ2v) is 10.4. The van der Waals surface area contributed by atoms with E-state index in [2.05, 4.69) is 5.32 Å². The van der Waals surface area contributed by atoms with Crippen molar-refractivity contribution < 1.29 is 18.0 Å². The topological polar surface area (TPSA) is 86.8 Å². The van der Waals surface area contributed by atoms with E-state index in [0.717, 1.165) is 21.7 Å². The number of carbonyl (C=O) groups is 2. The Bertz CT molecular complexity index is 1240. The van der Waals surface area contributed by atoms with Gasteiger partial charge in [-0.1, -0.05) is 72.3 Å². The standard InChI is InChI=1S/C26H28ClN3O4S/c1-28-26(32)24(17-20-9-5-3-6-10-20)29(18-21-11-7-4-8-12-21)25(31)19-30(35(2,33)34)23-15-13-22(27)14-16-23/h3-16,24H,17-19H2,1-2H3,(H,28,32)/t24-/m1/s1. The Morgan fingerprint density at radius 2 is 1.43 bits per heavy atom. The van der Waals surface area contributed by atoms with Gasteiger partial charge in [-0.3, -0.25) is 13.9 Å². The summed E-state index contributed by atoms with van der Waals surface area (Å²) in [5, 5.41) is 3.09. The minimum Gasteiger partial charge on any atom is -0.357 e. The maximum atomic E-state index is 13.7. The number of carbonyl (C=O) groups excluding carboxylic acids is 2. The molecular weight excluding hydrogens is 486 g/mol. The molecule has 9 heteroatoms. The lowest BCUT2D eigenvalue weighted by molar-refractivity contribution is -0.139. The number of nitrogens with one attached hydrogen (secondary N) is 1. The zero-order valence-electron chi connectivity index (χ0n) is 19.6. The van der Waals surface area contributed by atoms with E-state index in [4.69, 9.17) is 11.6 Å². The van der Waals surface area contributed by atoms with Gasteiger partial charge >= 0.3 is 0 Å². The molecule has 0 saturated carbocycles. The van der Waals surface area contributed by atoms with Crippen LogP contribution in [0.2, 0.25) is 5.02 Å². The molecular formula is C26H28ClN3O4S. The van der Waals surface area contributed by atoms with Crippen LogP contribution in [-0.2, 0) is 32.6 Å². The molecule has 3 rings (SSSR count). The number of sulfonamides is 1. The molecule has 2 amide bonds. The second-order valence-electron chi connectivity index (χ2n) is 8.07. The number of amides is 2. The summed E-state index contributed by atoms with van der Waals surface area (Å²) in [6, 6.07) is 24.0. The minimum atomic E-state index is -3.80. The molecule has 0 aliphatic rings. The van der Waals surface area contributed by atoms with E-state index < -0.39 is 28.5 Å². The van der Waals surface area contributed by atoms with Crippen LogP contribution in [0.5, 0.6) is 0 Å². The molecule has 0 heterocycles. The molecule has 1 N–H and O–H groups in total. The number of hydrogen-bond acceptors (Lipinski definition) is 4. The summed E-state index contributed by atoms with van der Waals surface area (Å²) in [5.41, 5.74) is 2.01. The number of anilines is 1. The first-order valence-corrected chi connectivity index (χ1v) is 13.2. The molecule has 3 aromatic carbocycles. The summed E-state index contributed by atoms with van der Waals surface area (Å²) in [6.07, 6.45) is 1.32. The van der Waals surface area contributed by atoms with Crippen LogP contribution in [0.25, 0.3) is 0 Å². The molecule has 0 aliphatic heterocycles. The van der Waals surface area contributed by atoms with E-state index >= 15 is 0 Å². The first-order chi connectivity index (χ1) is 16.7. The Labute approximate surface area is 211 Å². The summed E-state index contributed by atoms with van der Waals surface area (Å²) in [4.78, 5) is 28.1. The molecule has 0 unspecified atom stereocenters. The number of halogens is 1. The number of hydrogen-bond donors (Lipinski definition) is 1. The average molecular weight is 514 g/mol. The zero-order valence-corrected chi connectivity index (χ0v) is 21.2. The van der Waals surface area contributed by atoms with Crippen molar-refractivity contribution in [2.45, 2.75) is 19.0 Å². The molecule has 184 valence electrons. The molecule has 1 atom stereocenters. The number of likely N-dealkylation sites (N-methyl/N-ethyl adjacent to an activating group) is 1. The molecule has 0 spiro atoms. The number of rotatable bonds is 10. The van der Waals surface area contributed by atoms with Crippen LogP contribution in [0.15, 0.2) is 84.9 Å². The van der Waals surface area contributed by atoms with Gasteiger partial charge in [0.2, 0.25) is 21.8 Å². The van der Waals surface area contributed by atoms with Gasteiger partial charge in [0, 0.05) is 25.0 Å². The van der Waals surface area contributed by atoms with Crippen molar-refractivity contribution in [2.75, 3.05) is 24.2 Å². The first-order valence-electron chi connectivity index (χ1n) is 11.0. The highest BCUT2D eigenvalue weighted by molar-refractivity contribution is 7.92. The van der Waals surface area contributed by atoms with Crippen LogP contribution >= 0.6 is 11.6 Å². The Balaban J connectivity index is 1.99. The van der Waals surface area contributed by atoms with Gasteiger partial charge in [-0.15, -0.1) is 0 Å². The van der Waals surface area contributed by atoms with Crippen molar-refractivity contribution in [3.05, 3.63) is 101 Å². The average Bonchev–Trinajstić information content (AvgIpc) is 2.85. The van der Waals surface area contributed by atoms with Gasteiger partial charge in [0.1, 0.15) is 12.6 Å². The highest BCUT2D eigenvalue weighted by Gasteiger charge is 2.32. The predicted octanol–water partition coefficient (Wildman–Crippen LogP) is 3.49. The molecule has 3 aromatic rings. The quantitative estimate of drug-likeness (QED) is 0.449. The lowest BCUT2D eigenvalue weighted by Gasteiger charge is -2.33. The zero-order chi connectivity index (χ0) is 25.4. The van der Waals surface area contributed by atoms with Gasteiger partial charge < -0.3 is 10.2 Å². The third-order valence-corrected chi connectivity index (χ3v) is 6.90. The minimum absolute atomic E-state index is 0.142. The Hall–Kier alpha value is -3.36. The second kappa shape index (κ2) is 11.9. The third kappa shape index (κ3) is 7.31. The summed E-state index contributed by atoms with van der Waals surface area (Å²) in [7, 11) is -2.28. The lowest BCUT2D eigenvalue weighted by atomic mass is 10.0. The molecule has 0 saturated heterocycles. The van der Waals surface area contributed by atoms with Crippen molar-refractivity contribution in [3.8, 4) is 0 Å². The maximum Gasteiger partial charge on any atom is 0.244 e. The first kappa shape index (κ1) is 26.2. The Kier molecular flexibility index (Phi) is 8.89. The molecule has 0 bridgehead atoms. The fraction of sp³-hybridized carbons (Fsp3) is 0.231. The third-order valence-electron chi connectivity index (χ3n) is 5.51. The van der Waals surface area contributed by atoms with Crippen LogP contribution in [-0.4, -0.2) is 51.0 Å². The van der Waals surface area contributed by atoms with Gasteiger partial charge in [0.05, 0.1) is 11.9 Å². The highest BCUT2D eigenvalue weighted by atomic mass is 35.5. The summed E-state index contributed by atoms with van der Waals surface area (Å²) < 4.78 is 26.3. The monoisotopic (exact) mass is 513 g/mol. The SMILES string of the molecule is CNC(=O)[C@@H](Cc1ccccc1)N(Cc1ccccc1)C(=O)CN(c1ccc(Cl)cc1)S(C)(=O)=O. The largest absolute Gasteiger partial charge is 0.357 e. The highest BCUT2D eigenvalue weighted by Crippen LogP contribution is 2.22. The van der Waals surface area contributed by atoms with Crippen molar-refractivity contribution in [3.63, 3.8) is 0 Å². The smallest absolute Gasteiger partial charge is 0.244 e. The van der Waals surface area contributed by atoms with E-state index in [0.29, 0.717) is 10.7 Å². The van der Waals surface area contributed by atoms with Crippen LogP contribution in [0.1, 0.15) is 11.1 Å². The molecule has 0 aliphatic carbocycles.